The molecule has 3 heterocycles. The molecule has 4 rings (SSSR count). The van der Waals surface area contributed by atoms with Crippen LogP contribution in [0.25, 0.3) is 10.3 Å². The zero-order valence-electron chi connectivity index (χ0n) is 17.5. The SMILES string of the molecule is CCNC(=O)C1CCN(c2nc3ncn(CC(=O)Nc4cccc(F)c4)c(=O)c3s2)CC1. The van der Waals surface area contributed by atoms with E-state index in [2.05, 4.69) is 25.5 Å². The number of anilines is 2. The van der Waals surface area contributed by atoms with Crippen LogP contribution in [0.1, 0.15) is 19.8 Å². The Bertz CT molecular complexity index is 1200. The van der Waals surface area contributed by atoms with Crippen LogP contribution in [0.2, 0.25) is 0 Å². The van der Waals surface area contributed by atoms with Gasteiger partial charge in [-0.3, -0.25) is 19.0 Å². The molecular formula is C21H23FN6O3S. The Balaban J connectivity index is 1.45. The summed E-state index contributed by atoms with van der Waals surface area (Å²) in [4.78, 5) is 48.0. The quantitative estimate of drug-likeness (QED) is 0.585. The van der Waals surface area contributed by atoms with Gasteiger partial charge in [0.05, 0.1) is 0 Å². The van der Waals surface area contributed by atoms with Gasteiger partial charge < -0.3 is 15.5 Å². The van der Waals surface area contributed by atoms with E-state index in [1.807, 2.05) is 6.92 Å². The molecule has 0 bridgehead atoms. The van der Waals surface area contributed by atoms with Crippen LogP contribution < -0.4 is 21.1 Å². The summed E-state index contributed by atoms with van der Waals surface area (Å²) in [5, 5.41) is 6.11. The number of benzene rings is 1. The van der Waals surface area contributed by atoms with Crippen molar-refractivity contribution in [1.82, 2.24) is 19.9 Å². The molecule has 2 N–H and O–H groups in total. The highest BCUT2D eigenvalue weighted by molar-refractivity contribution is 7.22. The molecule has 0 unspecified atom stereocenters. The number of carbonyl (C=O) groups is 2. The molecule has 3 aromatic rings. The summed E-state index contributed by atoms with van der Waals surface area (Å²) in [6, 6.07) is 5.53. The maximum absolute atomic E-state index is 13.3. The van der Waals surface area contributed by atoms with Crippen LogP contribution in [-0.2, 0) is 16.1 Å². The highest BCUT2D eigenvalue weighted by atomic mass is 32.1. The second kappa shape index (κ2) is 9.43. The molecule has 1 aromatic carbocycles. The Kier molecular flexibility index (Phi) is 6.45. The van der Waals surface area contributed by atoms with Crippen LogP contribution in [0.4, 0.5) is 15.2 Å². The Labute approximate surface area is 187 Å². The van der Waals surface area contributed by atoms with Crippen LogP contribution in [0, 0.1) is 11.7 Å². The fourth-order valence-electron chi connectivity index (χ4n) is 3.66. The minimum absolute atomic E-state index is 0.00691. The zero-order valence-corrected chi connectivity index (χ0v) is 18.3. The van der Waals surface area contributed by atoms with Crippen LogP contribution in [0.3, 0.4) is 0 Å². The Morgan fingerprint density at radius 1 is 1.28 bits per heavy atom. The van der Waals surface area contributed by atoms with Crippen molar-refractivity contribution < 1.29 is 14.0 Å². The van der Waals surface area contributed by atoms with Gasteiger partial charge in [0, 0.05) is 31.2 Å². The third-order valence-electron chi connectivity index (χ3n) is 5.28. The van der Waals surface area contributed by atoms with Gasteiger partial charge in [-0.2, -0.15) is 4.98 Å². The van der Waals surface area contributed by atoms with Crippen molar-refractivity contribution in [2.24, 2.45) is 5.92 Å². The average Bonchev–Trinajstić information content (AvgIpc) is 3.21. The number of amides is 2. The lowest BCUT2D eigenvalue weighted by Gasteiger charge is -2.30. The number of aromatic nitrogens is 3. The van der Waals surface area contributed by atoms with Gasteiger partial charge in [-0.05, 0) is 38.0 Å². The minimum Gasteiger partial charge on any atom is -0.356 e. The minimum atomic E-state index is -0.463. The van der Waals surface area contributed by atoms with E-state index < -0.39 is 11.7 Å². The number of thiazole rings is 1. The molecule has 32 heavy (non-hydrogen) atoms. The van der Waals surface area contributed by atoms with Crippen LogP contribution in [0.15, 0.2) is 35.4 Å². The molecule has 0 aliphatic carbocycles. The van der Waals surface area contributed by atoms with Crippen molar-refractivity contribution in [1.29, 1.82) is 0 Å². The van der Waals surface area contributed by atoms with E-state index in [4.69, 9.17) is 0 Å². The van der Waals surface area contributed by atoms with Crippen molar-refractivity contribution in [2.75, 3.05) is 29.9 Å². The second-order valence-electron chi connectivity index (χ2n) is 7.54. The zero-order chi connectivity index (χ0) is 22.7. The van der Waals surface area contributed by atoms with Gasteiger partial charge in [-0.15, -0.1) is 0 Å². The van der Waals surface area contributed by atoms with Gasteiger partial charge in [0.15, 0.2) is 10.8 Å². The van der Waals surface area contributed by atoms with Crippen molar-refractivity contribution >= 4 is 44.3 Å². The number of nitrogens with zero attached hydrogens (tertiary/aromatic N) is 4. The summed E-state index contributed by atoms with van der Waals surface area (Å²) in [6.45, 7) is 3.62. The number of piperidine rings is 1. The average molecular weight is 459 g/mol. The predicted octanol–water partition coefficient (Wildman–Crippen LogP) is 1.98. The molecule has 9 nitrogen and oxygen atoms in total. The predicted molar refractivity (Wildman–Crippen MR) is 120 cm³/mol. The van der Waals surface area contributed by atoms with Crippen LogP contribution in [0.5, 0.6) is 0 Å². The first-order chi connectivity index (χ1) is 15.4. The van der Waals surface area contributed by atoms with Crippen LogP contribution >= 0.6 is 11.3 Å². The molecule has 1 aliphatic heterocycles. The lowest BCUT2D eigenvalue weighted by Crippen LogP contribution is -2.40. The third-order valence-corrected chi connectivity index (χ3v) is 6.38. The van der Waals surface area contributed by atoms with Crippen molar-refractivity contribution in [2.45, 2.75) is 26.3 Å². The number of nitrogens with one attached hydrogen (secondary N) is 2. The lowest BCUT2D eigenvalue weighted by atomic mass is 9.96. The van der Waals surface area contributed by atoms with Gasteiger partial charge in [-0.1, -0.05) is 17.4 Å². The molecule has 168 valence electrons. The third kappa shape index (κ3) is 4.77. The van der Waals surface area contributed by atoms with E-state index >= 15 is 0 Å². The Morgan fingerprint density at radius 3 is 2.78 bits per heavy atom. The fourth-order valence-corrected chi connectivity index (χ4v) is 4.68. The molecule has 0 radical (unpaired) electrons. The molecular weight excluding hydrogens is 435 g/mol. The molecule has 0 atom stereocenters. The van der Waals surface area contributed by atoms with Gasteiger partial charge >= 0.3 is 0 Å². The lowest BCUT2D eigenvalue weighted by molar-refractivity contribution is -0.125. The Morgan fingerprint density at radius 2 is 2.06 bits per heavy atom. The molecule has 2 amide bonds. The van der Waals surface area contributed by atoms with Gasteiger partial charge in [0.1, 0.15) is 23.4 Å². The summed E-state index contributed by atoms with van der Waals surface area (Å²) in [5.74, 6) is -0.851. The van der Waals surface area contributed by atoms with Gasteiger partial charge in [-0.25, -0.2) is 9.37 Å². The maximum atomic E-state index is 13.3. The molecule has 0 spiro atoms. The maximum Gasteiger partial charge on any atom is 0.273 e. The summed E-state index contributed by atoms with van der Waals surface area (Å²) in [6.07, 6.45) is 2.74. The molecule has 1 fully saturated rings. The van der Waals surface area contributed by atoms with Crippen LogP contribution in [-0.4, -0.2) is 46.0 Å². The monoisotopic (exact) mass is 458 g/mol. The van der Waals surface area contributed by atoms with E-state index in [0.29, 0.717) is 40.8 Å². The molecule has 0 saturated carbocycles. The highest BCUT2D eigenvalue weighted by Gasteiger charge is 2.26. The van der Waals surface area contributed by atoms with Gasteiger partial charge in [0.25, 0.3) is 5.56 Å². The first-order valence-corrected chi connectivity index (χ1v) is 11.2. The van der Waals surface area contributed by atoms with Crippen molar-refractivity contribution in [3.8, 4) is 0 Å². The summed E-state index contributed by atoms with van der Waals surface area (Å²) in [7, 11) is 0. The molecule has 1 saturated heterocycles. The van der Waals surface area contributed by atoms with E-state index in [1.54, 1.807) is 6.07 Å². The molecule has 1 aliphatic rings. The number of carbonyl (C=O) groups excluding carboxylic acids is 2. The smallest absolute Gasteiger partial charge is 0.273 e. The number of hydrogen-bond donors (Lipinski definition) is 2. The highest BCUT2D eigenvalue weighted by Crippen LogP contribution is 2.29. The number of rotatable bonds is 6. The number of halogens is 1. The Hall–Kier alpha value is -3.34. The summed E-state index contributed by atoms with van der Waals surface area (Å²) in [5.41, 5.74) is 0.293. The van der Waals surface area contributed by atoms with Crippen molar-refractivity contribution in [3.63, 3.8) is 0 Å². The van der Waals surface area contributed by atoms with E-state index in [9.17, 15) is 18.8 Å². The standard InChI is InChI=1S/C21H23FN6O3S/c1-2-23-19(30)13-6-8-27(9-7-13)21-26-18-17(32-21)20(31)28(12-24-18)11-16(29)25-15-5-3-4-14(22)10-15/h3-5,10,12-13H,2,6-9,11H2,1H3,(H,23,30)(H,25,29). The number of hydrogen-bond acceptors (Lipinski definition) is 7. The van der Waals surface area contributed by atoms with E-state index in [0.717, 1.165) is 12.8 Å². The van der Waals surface area contributed by atoms with E-state index in [1.165, 1.54) is 40.4 Å². The topological polar surface area (TPSA) is 109 Å². The first kappa shape index (κ1) is 21.9. The molecule has 2 aromatic heterocycles. The molecule has 11 heteroatoms. The normalized spacial score (nSPS) is 14.5. The van der Waals surface area contributed by atoms with E-state index in [-0.39, 0.29) is 23.9 Å². The largest absolute Gasteiger partial charge is 0.356 e. The first-order valence-electron chi connectivity index (χ1n) is 10.4. The fraction of sp³-hybridized carbons (Fsp3) is 0.381. The van der Waals surface area contributed by atoms with Gasteiger partial charge in [0.2, 0.25) is 11.8 Å². The summed E-state index contributed by atoms with van der Waals surface area (Å²) >= 11 is 1.23. The second-order valence-corrected chi connectivity index (χ2v) is 8.52. The number of fused-ring (bicyclic) bond motifs is 1. The summed E-state index contributed by atoms with van der Waals surface area (Å²) < 4.78 is 14.9. The van der Waals surface area contributed by atoms with Crippen molar-refractivity contribution in [3.05, 3.63) is 46.8 Å².